The summed E-state index contributed by atoms with van der Waals surface area (Å²) in [4.78, 5) is 16.8. The fraction of sp³-hybridized carbons (Fsp3) is 0.640. The lowest BCUT2D eigenvalue weighted by Gasteiger charge is -2.40. The van der Waals surface area contributed by atoms with E-state index in [4.69, 9.17) is 10.8 Å². The summed E-state index contributed by atoms with van der Waals surface area (Å²) in [5.74, 6) is -1.15. The monoisotopic (exact) mass is 457 g/mol. The molecule has 1 aliphatic carbocycles. The summed E-state index contributed by atoms with van der Waals surface area (Å²) in [6.07, 6.45) is 5.97. The lowest BCUT2D eigenvalue weighted by Crippen LogP contribution is -2.53. The molecule has 0 bridgehead atoms. The van der Waals surface area contributed by atoms with Crippen molar-refractivity contribution in [3.8, 4) is 11.5 Å². The fourth-order valence-electron chi connectivity index (χ4n) is 5.08. The van der Waals surface area contributed by atoms with Gasteiger partial charge in [-0.2, -0.15) is 0 Å². The van der Waals surface area contributed by atoms with Crippen LogP contribution < -0.4 is 5.32 Å². The SMILES string of the molecule is CC(C)NC(=O)C(=N)N(C(=N)c1cc(C(C)C)c(O)cc1O)C1CCC(N2CCCC2)CC1. The van der Waals surface area contributed by atoms with Crippen LogP contribution in [0.25, 0.3) is 0 Å². The van der Waals surface area contributed by atoms with Gasteiger partial charge in [-0.1, -0.05) is 13.8 Å². The summed E-state index contributed by atoms with van der Waals surface area (Å²) in [6, 6.07) is 3.08. The molecule has 1 amide bonds. The number of phenols is 2. The summed E-state index contributed by atoms with van der Waals surface area (Å²) in [7, 11) is 0. The van der Waals surface area contributed by atoms with E-state index in [9.17, 15) is 15.0 Å². The Labute approximate surface area is 197 Å². The lowest BCUT2D eigenvalue weighted by molar-refractivity contribution is -0.116. The number of carbonyl (C=O) groups excluding carboxylic acids is 1. The third-order valence-corrected chi connectivity index (χ3v) is 6.83. The normalized spacial score (nSPS) is 21.4. The molecule has 1 heterocycles. The highest BCUT2D eigenvalue weighted by atomic mass is 16.3. The number of phenolic OH excluding ortho intramolecular Hbond substituents is 2. The minimum atomic E-state index is -0.529. The Hall–Kier alpha value is -2.61. The molecule has 33 heavy (non-hydrogen) atoms. The van der Waals surface area contributed by atoms with Gasteiger partial charge in [0.05, 0.1) is 5.56 Å². The van der Waals surface area contributed by atoms with Gasteiger partial charge in [-0.05, 0) is 83.0 Å². The van der Waals surface area contributed by atoms with Gasteiger partial charge < -0.3 is 25.3 Å². The van der Waals surface area contributed by atoms with E-state index in [1.807, 2.05) is 27.7 Å². The molecule has 0 aromatic heterocycles. The van der Waals surface area contributed by atoms with Crippen molar-refractivity contribution in [1.29, 1.82) is 10.8 Å². The average molecular weight is 458 g/mol. The predicted octanol–water partition coefficient (Wildman–Crippen LogP) is 3.76. The van der Waals surface area contributed by atoms with E-state index in [1.54, 1.807) is 6.07 Å². The number of likely N-dealkylation sites (tertiary alicyclic amines) is 1. The maximum Gasteiger partial charge on any atom is 0.286 e. The van der Waals surface area contributed by atoms with Crippen LogP contribution in [0.3, 0.4) is 0 Å². The van der Waals surface area contributed by atoms with E-state index in [0.29, 0.717) is 11.6 Å². The Kier molecular flexibility index (Phi) is 8.00. The number of hydrogen-bond donors (Lipinski definition) is 5. The van der Waals surface area contributed by atoms with Crippen LogP contribution in [0.1, 0.15) is 83.3 Å². The Morgan fingerprint density at radius 2 is 1.64 bits per heavy atom. The number of amidine groups is 2. The van der Waals surface area contributed by atoms with Crippen molar-refractivity contribution in [1.82, 2.24) is 15.1 Å². The van der Waals surface area contributed by atoms with Crippen molar-refractivity contribution in [2.45, 2.75) is 90.3 Å². The van der Waals surface area contributed by atoms with Crippen molar-refractivity contribution in [3.63, 3.8) is 0 Å². The number of nitrogens with zero attached hydrogens (tertiary/aromatic N) is 2. The molecule has 3 rings (SSSR count). The number of hydrogen-bond acceptors (Lipinski definition) is 6. The average Bonchev–Trinajstić information content (AvgIpc) is 3.28. The minimum absolute atomic E-state index is 0.00908. The molecule has 1 saturated carbocycles. The summed E-state index contributed by atoms with van der Waals surface area (Å²) < 4.78 is 0. The maximum atomic E-state index is 12.8. The van der Waals surface area contributed by atoms with E-state index in [0.717, 1.165) is 38.8 Å². The van der Waals surface area contributed by atoms with Crippen LogP contribution in [0.2, 0.25) is 0 Å². The smallest absolute Gasteiger partial charge is 0.286 e. The Bertz CT molecular complexity index is 884. The number of rotatable bonds is 5. The minimum Gasteiger partial charge on any atom is -0.508 e. The fourth-order valence-corrected chi connectivity index (χ4v) is 5.08. The number of benzene rings is 1. The van der Waals surface area contributed by atoms with Crippen molar-refractivity contribution in [3.05, 3.63) is 23.3 Å². The second-order valence-corrected chi connectivity index (χ2v) is 9.98. The zero-order valence-corrected chi connectivity index (χ0v) is 20.3. The third kappa shape index (κ3) is 5.66. The first-order chi connectivity index (χ1) is 15.6. The molecule has 0 radical (unpaired) electrons. The van der Waals surface area contributed by atoms with Gasteiger partial charge in [0.1, 0.15) is 17.3 Å². The molecule has 0 spiro atoms. The molecule has 182 valence electrons. The van der Waals surface area contributed by atoms with Gasteiger partial charge in [0, 0.05) is 24.2 Å². The summed E-state index contributed by atoms with van der Waals surface area (Å²) in [5, 5.41) is 41.2. The lowest BCUT2D eigenvalue weighted by atomic mass is 9.88. The largest absolute Gasteiger partial charge is 0.508 e. The number of nitrogens with one attached hydrogen (secondary N) is 3. The Morgan fingerprint density at radius 1 is 1.03 bits per heavy atom. The highest BCUT2D eigenvalue weighted by Gasteiger charge is 2.35. The van der Waals surface area contributed by atoms with Gasteiger partial charge in [-0.15, -0.1) is 0 Å². The number of amides is 1. The van der Waals surface area contributed by atoms with Gasteiger partial charge in [0.2, 0.25) is 0 Å². The van der Waals surface area contributed by atoms with E-state index in [2.05, 4.69) is 10.2 Å². The second-order valence-electron chi connectivity index (χ2n) is 9.98. The van der Waals surface area contributed by atoms with Crippen molar-refractivity contribution in [2.24, 2.45) is 0 Å². The Morgan fingerprint density at radius 3 is 2.18 bits per heavy atom. The van der Waals surface area contributed by atoms with E-state index < -0.39 is 5.91 Å². The third-order valence-electron chi connectivity index (χ3n) is 6.83. The van der Waals surface area contributed by atoms with Crippen LogP contribution >= 0.6 is 0 Å². The molecule has 2 aliphatic rings. The number of carbonyl (C=O) groups is 1. The first-order valence-electron chi connectivity index (χ1n) is 12.2. The van der Waals surface area contributed by atoms with Crippen LogP contribution in [0.5, 0.6) is 11.5 Å². The van der Waals surface area contributed by atoms with Crippen LogP contribution in [-0.4, -0.2) is 68.8 Å². The molecule has 2 fully saturated rings. The zero-order chi connectivity index (χ0) is 24.3. The van der Waals surface area contributed by atoms with Crippen LogP contribution in [0.4, 0.5) is 0 Å². The molecule has 8 nitrogen and oxygen atoms in total. The molecular weight excluding hydrogens is 418 g/mol. The van der Waals surface area contributed by atoms with E-state index in [-0.39, 0.29) is 46.7 Å². The van der Waals surface area contributed by atoms with Crippen molar-refractivity contribution in [2.75, 3.05) is 13.1 Å². The maximum absolute atomic E-state index is 12.8. The number of aromatic hydroxyl groups is 2. The zero-order valence-electron chi connectivity index (χ0n) is 20.3. The molecule has 1 aromatic carbocycles. The molecule has 0 atom stereocenters. The molecule has 0 unspecified atom stereocenters. The van der Waals surface area contributed by atoms with Gasteiger partial charge in [0.15, 0.2) is 5.84 Å². The van der Waals surface area contributed by atoms with Gasteiger partial charge in [-0.25, -0.2) is 0 Å². The molecule has 1 aliphatic heterocycles. The molecule has 1 saturated heterocycles. The van der Waals surface area contributed by atoms with Crippen molar-refractivity contribution >= 4 is 17.6 Å². The summed E-state index contributed by atoms with van der Waals surface area (Å²) >= 11 is 0. The topological polar surface area (TPSA) is 124 Å². The summed E-state index contributed by atoms with van der Waals surface area (Å²) in [6.45, 7) is 9.80. The second kappa shape index (κ2) is 10.5. The standard InChI is InChI=1S/C25H39N5O3/c1-15(2)19-13-20(22(32)14-21(19)31)23(26)30(24(27)25(33)28-16(3)4)18-9-7-17(8-10-18)29-11-5-6-12-29/h13-18,26-27,31-32H,5-12H2,1-4H3,(H,28,33). The van der Waals surface area contributed by atoms with Crippen LogP contribution in [0.15, 0.2) is 12.1 Å². The molecule has 1 aromatic rings. The molecule has 5 N–H and O–H groups in total. The first kappa shape index (κ1) is 25.0. The van der Waals surface area contributed by atoms with Crippen molar-refractivity contribution < 1.29 is 15.0 Å². The van der Waals surface area contributed by atoms with E-state index in [1.165, 1.54) is 23.8 Å². The molecule has 8 heteroatoms. The predicted molar refractivity (Wildman–Crippen MR) is 130 cm³/mol. The first-order valence-corrected chi connectivity index (χ1v) is 12.2. The highest BCUT2D eigenvalue weighted by Crippen LogP contribution is 2.35. The Balaban J connectivity index is 1.89. The highest BCUT2D eigenvalue weighted by molar-refractivity contribution is 6.40. The van der Waals surface area contributed by atoms with Gasteiger partial charge in [-0.3, -0.25) is 15.6 Å². The molecular formula is C25H39N5O3. The van der Waals surface area contributed by atoms with Gasteiger partial charge in [0.25, 0.3) is 5.91 Å². The quantitative estimate of drug-likeness (QED) is 0.340. The van der Waals surface area contributed by atoms with E-state index >= 15 is 0 Å². The van der Waals surface area contributed by atoms with Crippen LogP contribution in [0, 0.1) is 10.8 Å². The van der Waals surface area contributed by atoms with Crippen LogP contribution in [-0.2, 0) is 4.79 Å². The van der Waals surface area contributed by atoms with Gasteiger partial charge >= 0.3 is 0 Å². The summed E-state index contributed by atoms with van der Waals surface area (Å²) in [5.41, 5.74) is 0.837.